The fourth-order valence-electron chi connectivity index (χ4n) is 3.11. The number of rotatable bonds is 3. The number of amides is 1. The summed E-state index contributed by atoms with van der Waals surface area (Å²) in [6, 6.07) is 8.25. The average molecular weight is 273 g/mol. The molecule has 1 aliphatic carbocycles. The van der Waals surface area contributed by atoms with Crippen LogP contribution in [0, 0.1) is 5.92 Å². The van der Waals surface area contributed by atoms with Gasteiger partial charge < -0.3 is 15.5 Å². The van der Waals surface area contributed by atoms with Crippen molar-refractivity contribution in [3.05, 3.63) is 24.3 Å². The van der Waals surface area contributed by atoms with Gasteiger partial charge in [-0.2, -0.15) is 0 Å². The molecule has 4 nitrogen and oxygen atoms in total. The van der Waals surface area contributed by atoms with Crippen LogP contribution in [0.1, 0.15) is 25.7 Å². The van der Waals surface area contributed by atoms with Crippen molar-refractivity contribution in [3.8, 4) is 0 Å². The number of carbonyl (C=O) groups excluding carboxylic acids is 1. The minimum Gasteiger partial charge on any atom is -0.369 e. The lowest BCUT2D eigenvalue weighted by atomic mass is 10.1. The summed E-state index contributed by atoms with van der Waals surface area (Å²) >= 11 is 0. The Hall–Kier alpha value is -1.55. The molecule has 0 aromatic heterocycles. The summed E-state index contributed by atoms with van der Waals surface area (Å²) in [7, 11) is 0. The van der Waals surface area contributed by atoms with Gasteiger partial charge in [-0.15, -0.1) is 0 Å². The molecule has 20 heavy (non-hydrogen) atoms. The van der Waals surface area contributed by atoms with Crippen LogP contribution in [-0.2, 0) is 4.79 Å². The van der Waals surface area contributed by atoms with Crippen LogP contribution < -0.4 is 15.5 Å². The molecule has 3 rings (SSSR count). The van der Waals surface area contributed by atoms with Gasteiger partial charge in [0.15, 0.2) is 0 Å². The van der Waals surface area contributed by atoms with E-state index in [1.807, 2.05) is 12.1 Å². The quantitative estimate of drug-likeness (QED) is 0.887. The normalized spacial score (nSPS) is 20.1. The van der Waals surface area contributed by atoms with Crippen LogP contribution in [0.2, 0.25) is 0 Å². The van der Waals surface area contributed by atoms with Crippen LogP contribution in [0.5, 0.6) is 0 Å². The van der Waals surface area contributed by atoms with Gasteiger partial charge in [-0.25, -0.2) is 0 Å². The Morgan fingerprint density at radius 3 is 2.40 bits per heavy atom. The van der Waals surface area contributed by atoms with Gasteiger partial charge in [0, 0.05) is 43.5 Å². The van der Waals surface area contributed by atoms with Crippen LogP contribution in [0.25, 0.3) is 0 Å². The maximum Gasteiger partial charge on any atom is 0.227 e. The first-order valence-corrected chi connectivity index (χ1v) is 7.69. The van der Waals surface area contributed by atoms with Gasteiger partial charge in [0.05, 0.1) is 0 Å². The van der Waals surface area contributed by atoms with Crippen LogP contribution in [0.4, 0.5) is 11.4 Å². The molecule has 2 N–H and O–H groups in total. The molecule has 0 atom stereocenters. The van der Waals surface area contributed by atoms with Crippen LogP contribution in [-0.4, -0.2) is 32.1 Å². The number of piperazine rings is 1. The Bertz CT molecular complexity index is 445. The van der Waals surface area contributed by atoms with Gasteiger partial charge in [-0.1, -0.05) is 12.8 Å². The number of nitrogens with one attached hydrogen (secondary N) is 2. The molecule has 0 spiro atoms. The molecular weight excluding hydrogens is 250 g/mol. The number of hydrogen-bond acceptors (Lipinski definition) is 3. The molecule has 1 saturated heterocycles. The maximum absolute atomic E-state index is 12.1. The second-order valence-electron chi connectivity index (χ2n) is 5.75. The highest BCUT2D eigenvalue weighted by atomic mass is 16.1. The highest BCUT2D eigenvalue weighted by Gasteiger charge is 2.22. The minimum atomic E-state index is 0.192. The predicted octanol–water partition coefficient (Wildman–Crippen LogP) is 2.22. The zero-order valence-corrected chi connectivity index (χ0v) is 11.9. The van der Waals surface area contributed by atoms with E-state index in [0.29, 0.717) is 0 Å². The number of anilines is 2. The fraction of sp³-hybridized carbons (Fsp3) is 0.562. The maximum atomic E-state index is 12.1. The molecule has 0 radical (unpaired) electrons. The van der Waals surface area contributed by atoms with Gasteiger partial charge in [0.25, 0.3) is 0 Å². The molecule has 1 saturated carbocycles. The van der Waals surface area contributed by atoms with E-state index in [0.717, 1.165) is 44.7 Å². The monoisotopic (exact) mass is 273 g/mol. The molecule has 1 amide bonds. The largest absolute Gasteiger partial charge is 0.369 e. The van der Waals surface area contributed by atoms with Gasteiger partial charge in [-0.3, -0.25) is 4.79 Å². The Balaban J connectivity index is 1.59. The van der Waals surface area contributed by atoms with E-state index < -0.39 is 0 Å². The third-order valence-electron chi connectivity index (χ3n) is 4.34. The van der Waals surface area contributed by atoms with E-state index in [9.17, 15) is 4.79 Å². The molecule has 108 valence electrons. The first kappa shape index (κ1) is 13.4. The lowest BCUT2D eigenvalue weighted by molar-refractivity contribution is -0.119. The third-order valence-corrected chi connectivity index (χ3v) is 4.34. The molecule has 2 aliphatic rings. The second kappa shape index (κ2) is 6.27. The van der Waals surface area contributed by atoms with Gasteiger partial charge in [-0.05, 0) is 37.1 Å². The molecule has 0 unspecified atom stereocenters. The van der Waals surface area contributed by atoms with E-state index in [1.54, 1.807) is 0 Å². The zero-order valence-electron chi connectivity index (χ0n) is 11.9. The van der Waals surface area contributed by atoms with Crippen LogP contribution in [0.15, 0.2) is 24.3 Å². The molecule has 1 aliphatic heterocycles. The van der Waals surface area contributed by atoms with Crippen molar-refractivity contribution in [3.63, 3.8) is 0 Å². The van der Waals surface area contributed by atoms with Crippen molar-refractivity contribution in [1.29, 1.82) is 0 Å². The van der Waals surface area contributed by atoms with E-state index in [1.165, 1.54) is 18.5 Å². The van der Waals surface area contributed by atoms with E-state index in [2.05, 4.69) is 27.7 Å². The molecule has 1 heterocycles. The van der Waals surface area contributed by atoms with E-state index in [-0.39, 0.29) is 11.8 Å². The summed E-state index contributed by atoms with van der Waals surface area (Å²) in [6.45, 7) is 4.18. The molecule has 1 aromatic carbocycles. The van der Waals surface area contributed by atoms with Gasteiger partial charge in [0.2, 0.25) is 5.91 Å². The summed E-state index contributed by atoms with van der Waals surface area (Å²) < 4.78 is 0. The fourth-order valence-corrected chi connectivity index (χ4v) is 3.11. The Morgan fingerprint density at radius 2 is 1.75 bits per heavy atom. The summed E-state index contributed by atoms with van der Waals surface area (Å²) in [5.74, 6) is 0.417. The lowest BCUT2D eigenvalue weighted by Crippen LogP contribution is -2.43. The average Bonchev–Trinajstić information content (AvgIpc) is 3.03. The highest BCUT2D eigenvalue weighted by Crippen LogP contribution is 2.26. The van der Waals surface area contributed by atoms with Crippen molar-refractivity contribution in [1.82, 2.24) is 5.32 Å². The summed E-state index contributed by atoms with van der Waals surface area (Å²) in [5.41, 5.74) is 2.16. The molecular formula is C16H23N3O. The molecule has 4 heteroatoms. The standard InChI is InChI=1S/C16H23N3O/c20-16(13-3-1-2-4-13)18-14-5-7-15(8-6-14)19-11-9-17-10-12-19/h5-8,13,17H,1-4,9-12H2,(H,18,20). The van der Waals surface area contributed by atoms with E-state index >= 15 is 0 Å². The van der Waals surface area contributed by atoms with Crippen molar-refractivity contribution >= 4 is 17.3 Å². The first-order valence-electron chi connectivity index (χ1n) is 7.69. The van der Waals surface area contributed by atoms with Gasteiger partial charge >= 0.3 is 0 Å². The zero-order chi connectivity index (χ0) is 13.8. The topological polar surface area (TPSA) is 44.4 Å². The second-order valence-corrected chi connectivity index (χ2v) is 5.75. The minimum absolute atomic E-state index is 0.192. The summed E-state index contributed by atoms with van der Waals surface area (Å²) in [5, 5.41) is 6.40. The number of hydrogen-bond donors (Lipinski definition) is 2. The number of carbonyl (C=O) groups is 1. The van der Waals surface area contributed by atoms with Crippen molar-refractivity contribution in [2.24, 2.45) is 5.92 Å². The smallest absolute Gasteiger partial charge is 0.227 e. The van der Waals surface area contributed by atoms with Crippen LogP contribution in [0.3, 0.4) is 0 Å². The summed E-state index contributed by atoms with van der Waals surface area (Å²) in [6.07, 6.45) is 4.48. The summed E-state index contributed by atoms with van der Waals surface area (Å²) in [4.78, 5) is 14.4. The lowest BCUT2D eigenvalue weighted by Gasteiger charge is -2.29. The number of benzene rings is 1. The predicted molar refractivity (Wildman–Crippen MR) is 82.1 cm³/mol. The SMILES string of the molecule is O=C(Nc1ccc(N2CCNCC2)cc1)C1CCCC1. The first-order chi connectivity index (χ1) is 9.83. The molecule has 1 aromatic rings. The molecule has 0 bridgehead atoms. The van der Waals surface area contributed by atoms with Gasteiger partial charge in [0.1, 0.15) is 0 Å². The Kier molecular flexibility index (Phi) is 4.21. The van der Waals surface area contributed by atoms with Crippen LogP contribution >= 0.6 is 0 Å². The van der Waals surface area contributed by atoms with Crippen molar-refractivity contribution in [2.75, 3.05) is 36.4 Å². The highest BCUT2D eigenvalue weighted by molar-refractivity contribution is 5.92. The van der Waals surface area contributed by atoms with E-state index in [4.69, 9.17) is 0 Å². The van der Waals surface area contributed by atoms with Crippen molar-refractivity contribution in [2.45, 2.75) is 25.7 Å². The number of nitrogens with zero attached hydrogens (tertiary/aromatic N) is 1. The third kappa shape index (κ3) is 3.12. The Labute approximate surface area is 120 Å². The van der Waals surface area contributed by atoms with Crippen molar-refractivity contribution < 1.29 is 4.79 Å². The molecule has 2 fully saturated rings. The Morgan fingerprint density at radius 1 is 1.10 bits per heavy atom.